The van der Waals surface area contributed by atoms with Crippen molar-refractivity contribution in [3.05, 3.63) is 29.6 Å². The monoisotopic (exact) mass is 288 g/mol. The van der Waals surface area contributed by atoms with E-state index in [9.17, 15) is 5.11 Å². The van der Waals surface area contributed by atoms with Crippen LogP contribution in [0, 0.1) is 6.92 Å². The summed E-state index contributed by atoms with van der Waals surface area (Å²) in [5.74, 6) is 1.19. The molecule has 1 fully saturated rings. The fourth-order valence-electron chi connectivity index (χ4n) is 2.59. The van der Waals surface area contributed by atoms with Crippen molar-refractivity contribution < 1.29 is 9.63 Å². The van der Waals surface area contributed by atoms with Crippen molar-refractivity contribution >= 4 is 0 Å². The van der Waals surface area contributed by atoms with Crippen LogP contribution >= 0.6 is 0 Å². The van der Waals surface area contributed by atoms with Crippen LogP contribution in [0.1, 0.15) is 17.4 Å². The van der Waals surface area contributed by atoms with Crippen molar-refractivity contribution in [2.75, 3.05) is 33.7 Å². The smallest absolute Gasteiger partial charge is 0.261 e. The van der Waals surface area contributed by atoms with Gasteiger partial charge in [0.1, 0.15) is 5.75 Å². The molecular weight excluding hydrogens is 268 g/mol. The molecule has 1 aromatic heterocycles. The standard InChI is InChI=1S/C15H20N4O2/c1-10-4-5-13(20)11(8-10)15-16-14(17-21-15)12-9-18(2)6-7-19(12)3/h4-5,8,12,20H,6-7,9H2,1-3H3. The van der Waals surface area contributed by atoms with Gasteiger partial charge in [-0.15, -0.1) is 0 Å². The number of likely N-dealkylation sites (N-methyl/N-ethyl adjacent to an activating group) is 2. The van der Waals surface area contributed by atoms with E-state index in [4.69, 9.17) is 4.52 Å². The highest BCUT2D eigenvalue weighted by Crippen LogP contribution is 2.30. The largest absolute Gasteiger partial charge is 0.507 e. The summed E-state index contributed by atoms with van der Waals surface area (Å²) in [6.45, 7) is 4.84. The molecule has 3 rings (SSSR count). The van der Waals surface area contributed by atoms with Gasteiger partial charge >= 0.3 is 0 Å². The molecule has 0 bridgehead atoms. The molecule has 1 aromatic carbocycles. The summed E-state index contributed by atoms with van der Waals surface area (Å²) >= 11 is 0. The summed E-state index contributed by atoms with van der Waals surface area (Å²) in [6, 6.07) is 5.46. The lowest BCUT2D eigenvalue weighted by Gasteiger charge is -2.35. The molecule has 1 N–H and O–H groups in total. The van der Waals surface area contributed by atoms with Crippen molar-refractivity contribution in [3.63, 3.8) is 0 Å². The fraction of sp³-hybridized carbons (Fsp3) is 0.467. The van der Waals surface area contributed by atoms with E-state index in [1.165, 1.54) is 0 Å². The number of phenols is 1. The van der Waals surface area contributed by atoms with Crippen molar-refractivity contribution in [2.24, 2.45) is 0 Å². The zero-order valence-corrected chi connectivity index (χ0v) is 12.6. The van der Waals surface area contributed by atoms with Gasteiger partial charge in [-0.05, 0) is 33.2 Å². The van der Waals surface area contributed by atoms with E-state index in [-0.39, 0.29) is 11.8 Å². The Morgan fingerprint density at radius 2 is 2.10 bits per heavy atom. The van der Waals surface area contributed by atoms with E-state index in [1.807, 2.05) is 19.1 Å². The number of hydrogen-bond acceptors (Lipinski definition) is 6. The minimum Gasteiger partial charge on any atom is -0.507 e. The van der Waals surface area contributed by atoms with Gasteiger partial charge in [0.2, 0.25) is 0 Å². The fourth-order valence-corrected chi connectivity index (χ4v) is 2.59. The molecule has 0 spiro atoms. The first-order valence-corrected chi connectivity index (χ1v) is 7.07. The second kappa shape index (κ2) is 5.46. The number of hydrogen-bond donors (Lipinski definition) is 1. The Hall–Kier alpha value is -1.92. The summed E-state index contributed by atoms with van der Waals surface area (Å²) in [5.41, 5.74) is 1.62. The van der Waals surface area contributed by atoms with Gasteiger partial charge < -0.3 is 14.5 Å². The number of aryl methyl sites for hydroxylation is 1. The normalized spacial score (nSPS) is 20.8. The summed E-state index contributed by atoms with van der Waals surface area (Å²) in [7, 11) is 4.16. The number of aromatic hydroxyl groups is 1. The Morgan fingerprint density at radius 1 is 1.29 bits per heavy atom. The summed E-state index contributed by atoms with van der Waals surface area (Å²) in [6.07, 6.45) is 0. The van der Waals surface area contributed by atoms with Crippen molar-refractivity contribution in [3.8, 4) is 17.2 Å². The van der Waals surface area contributed by atoms with Gasteiger partial charge in [-0.1, -0.05) is 16.8 Å². The lowest BCUT2D eigenvalue weighted by atomic mass is 10.1. The predicted octanol–water partition coefficient (Wildman–Crippen LogP) is 1.67. The number of aromatic nitrogens is 2. The number of nitrogens with zero attached hydrogens (tertiary/aromatic N) is 4. The Kier molecular flexibility index (Phi) is 3.65. The molecule has 2 heterocycles. The second-order valence-electron chi connectivity index (χ2n) is 5.74. The van der Waals surface area contributed by atoms with Gasteiger partial charge in [0.05, 0.1) is 11.6 Å². The highest BCUT2D eigenvalue weighted by molar-refractivity contribution is 5.63. The van der Waals surface area contributed by atoms with Gasteiger partial charge in [0.25, 0.3) is 5.89 Å². The topological polar surface area (TPSA) is 65.6 Å². The van der Waals surface area contributed by atoms with Crippen LogP contribution in [0.2, 0.25) is 0 Å². The molecule has 1 atom stereocenters. The Labute approximate surface area is 124 Å². The number of piperazine rings is 1. The molecule has 6 nitrogen and oxygen atoms in total. The van der Waals surface area contributed by atoms with Gasteiger partial charge in [0, 0.05) is 19.6 Å². The van der Waals surface area contributed by atoms with Gasteiger partial charge in [-0.25, -0.2) is 0 Å². The van der Waals surface area contributed by atoms with Crippen LogP contribution in [0.4, 0.5) is 0 Å². The third-order valence-corrected chi connectivity index (χ3v) is 3.97. The quantitative estimate of drug-likeness (QED) is 0.907. The van der Waals surface area contributed by atoms with Crippen LogP contribution in [-0.2, 0) is 0 Å². The van der Waals surface area contributed by atoms with Crippen LogP contribution in [0.25, 0.3) is 11.5 Å². The van der Waals surface area contributed by atoms with E-state index in [0.29, 0.717) is 17.3 Å². The van der Waals surface area contributed by atoms with Crippen LogP contribution in [0.5, 0.6) is 5.75 Å². The first-order valence-electron chi connectivity index (χ1n) is 7.07. The third-order valence-electron chi connectivity index (χ3n) is 3.97. The molecule has 1 aliphatic rings. The molecule has 0 saturated carbocycles. The molecule has 0 radical (unpaired) electrons. The van der Waals surface area contributed by atoms with E-state index < -0.39 is 0 Å². The van der Waals surface area contributed by atoms with Gasteiger partial charge in [-0.2, -0.15) is 4.98 Å². The van der Waals surface area contributed by atoms with Crippen molar-refractivity contribution in [1.82, 2.24) is 19.9 Å². The number of benzene rings is 1. The highest BCUT2D eigenvalue weighted by atomic mass is 16.5. The second-order valence-corrected chi connectivity index (χ2v) is 5.74. The minimum absolute atomic E-state index is 0.119. The molecule has 0 aliphatic carbocycles. The first-order chi connectivity index (χ1) is 10.0. The SMILES string of the molecule is Cc1ccc(O)c(-c2nc(C3CN(C)CCN3C)no2)c1. The molecule has 6 heteroatoms. The molecule has 2 aromatic rings. The van der Waals surface area contributed by atoms with Crippen LogP contribution in [0.3, 0.4) is 0 Å². The molecule has 0 amide bonds. The Morgan fingerprint density at radius 3 is 2.90 bits per heavy atom. The molecule has 1 aliphatic heterocycles. The summed E-state index contributed by atoms with van der Waals surface area (Å²) < 4.78 is 5.36. The average Bonchev–Trinajstić information content (AvgIpc) is 2.93. The predicted molar refractivity (Wildman–Crippen MR) is 79.0 cm³/mol. The zero-order valence-electron chi connectivity index (χ0n) is 12.6. The maximum atomic E-state index is 9.96. The average molecular weight is 288 g/mol. The van der Waals surface area contributed by atoms with Gasteiger partial charge in [-0.3, -0.25) is 4.90 Å². The van der Waals surface area contributed by atoms with Gasteiger partial charge in [0.15, 0.2) is 5.82 Å². The Balaban J connectivity index is 1.91. The molecule has 112 valence electrons. The maximum absolute atomic E-state index is 9.96. The molecule has 21 heavy (non-hydrogen) atoms. The van der Waals surface area contributed by atoms with E-state index in [0.717, 1.165) is 25.2 Å². The zero-order chi connectivity index (χ0) is 15.0. The molecule has 1 unspecified atom stereocenters. The number of phenolic OH excluding ortho intramolecular Hbond substituents is 1. The Bertz CT molecular complexity index is 640. The van der Waals surface area contributed by atoms with Crippen molar-refractivity contribution in [1.29, 1.82) is 0 Å². The highest BCUT2D eigenvalue weighted by Gasteiger charge is 2.28. The van der Waals surface area contributed by atoms with E-state index in [1.54, 1.807) is 6.07 Å². The molecule has 1 saturated heterocycles. The minimum atomic E-state index is 0.119. The van der Waals surface area contributed by atoms with E-state index >= 15 is 0 Å². The number of rotatable bonds is 2. The van der Waals surface area contributed by atoms with E-state index in [2.05, 4.69) is 34.0 Å². The third kappa shape index (κ3) is 2.77. The lowest BCUT2D eigenvalue weighted by molar-refractivity contribution is 0.108. The summed E-state index contributed by atoms with van der Waals surface area (Å²) in [5, 5.41) is 14.1. The summed E-state index contributed by atoms with van der Waals surface area (Å²) in [4.78, 5) is 8.97. The van der Waals surface area contributed by atoms with Crippen LogP contribution in [0.15, 0.2) is 22.7 Å². The lowest BCUT2D eigenvalue weighted by Crippen LogP contribution is -2.45. The van der Waals surface area contributed by atoms with Crippen LogP contribution < -0.4 is 0 Å². The first kappa shape index (κ1) is 14.0. The van der Waals surface area contributed by atoms with Crippen LogP contribution in [-0.4, -0.2) is 58.8 Å². The molecular formula is C15H20N4O2. The maximum Gasteiger partial charge on any atom is 0.261 e. The van der Waals surface area contributed by atoms with Crippen molar-refractivity contribution in [2.45, 2.75) is 13.0 Å².